The predicted octanol–water partition coefficient (Wildman–Crippen LogP) is 1.47. The third kappa shape index (κ3) is 2.99. The topological polar surface area (TPSA) is 38.3 Å². The van der Waals surface area contributed by atoms with Crippen molar-refractivity contribution in [3.8, 4) is 0 Å². The van der Waals surface area contributed by atoms with E-state index >= 15 is 0 Å². The third-order valence-corrected chi connectivity index (χ3v) is 2.55. The maximum absolute atomic E-state index is 11.4. The summed E-state index contributed by atoms with van der Waals surface area (Å²) in [5.74, 6) is -0.0827. The standard InChI is InChI=1S/C10H19NO2/c1-3-8-6-5-7-9(11-8)10(12)13-4-2/h8-9,11H,3-7H2,1-2H3. The van der Waals surface area contributed by atoms with Crippen LogP contribution in [0.2, 0.25) is 0 Å². The van der Waals surface area contributed by atoms with Gasteiger partial charge in [0.05, 0.1) is 6.61 Å². The minimum atomic E-state index is -0.0827. The first-order chi connectivity index (χ1) is 6.27. The van der Waals surface area contributed by atoms with Gasteiger partial charge in [0.15, 0.2) is 0 Å². The quantitative estimate of drug-likeness (QED) is 0.677. The van der Waals surface area contributed by atoms with Crippen LogP contribution < -0.4 is 5.32 Å². The van der Waals surface area contributed by atoms with Crippen molar-refractivity contribution in [3.05, 3.63) is 0 Å². The number of hydrogen-bond acceptors (Lipinski definition) is 3. The van der Waals surface area contributed by atoms with Gasteiger partial charge in [-0.1, -0.05) is 6.92 Å². The molecule has 3 heteroatoms. The fraction of sp³-hybridized carbons (Fsp3) is 0.900. The molecule has 0 aromatic rings. The van der Waals surface area contributed by atoms with Gasteiger partial charge in [0.1, 0.15) is 6.04 Å². The van der Waals surface area contributed by atoms with Crippen LogP contribution in [0.3, 0.4) is 0 Å². The van der Waals surface area contributed by atoms with E-state index in [1.165, 1.54) is 6.42 Å². The van der Waals surface area contributed by atoms with Crippen LogP contribution in [0.25, 0.3) is 0 Å². The predicted molar refractivity (Wildman–Crippen MR) is 51.5 cm³/mol. The van der Waals surface area contributed by atoms with Crippen LogP contribution in [-0.4, -0.2) is 24.7 Å². The Morgan fingerprint density at radius 2 is 2.23 bits per heavy atom. The highest BCUT2D eigenvalue weighted by Gasteiger charge is 2.25. The van der Waals surface area contributed by atoms with Crippen molar-refractivity contribution in [3.63, 3.8) is 0 Å². The van der Waals surface area contributed by atoms with E-state index in [-0.39, 0.29) is 12.0 Å². The lowest BCUT2D eigenvalue weighted by molar-refractivity contribution is -0.146. The van der Waals surface area contributed by atoms with Crippen LogP contribution in [-0.2, 0) is 9.53 Å². The summed E-state index contributed by atoms with van der Waals surface area (Å²) < 4.78 is 4.97. The molecule has 0 bridgehead atoms. The number of hydrogen-bond donors (Lipinski definition) is 1. The Kier molecular flexibility index (Phi) is 4.22. The molecular weight excluding hydrogens is 166 g/mol. The van der Waals surface area contributed by atoms with Crippen molar-refractivity contribution in [2.75, 3.05) is 6.61 Å². The SMILES string of the molecule is CCOC(=O)C1CCCC(CC)N1. The molecule has 1 fully saturated rings. The van der Waals surface area contributed by atoms with Crippen molar-refractivity contribution in [1.29, 1.82) is 0 Å². The number of rotatable bonds is 3. The Hall–Kier alpha value is -0.570. The monoisotopic (exact) mass is 185 g/mol. The lowest BCUT2D eigenvalue weighted by atomic mass is 9.97. The van der Waals surface area contributed by atoms with E-state index in [2.05, 4.69) is 12.2 Å². The second-order valence-electron chi connectivity index (χ2n) is 3.51. The van der Waals surface area contributed by atoms with Gasteiger partial charge in [-0.2, -0.15) is 0 Å². The summed E-state index contributed by atoms with van der Waals surface area (Å²) in [6, 6.07) is 0.446. The summed E-state index contributed by atoms with van der Waals surface area (Å²) in [5.41, 5.74) is 0. The number of piperidine rings is 1. The Morgan fingerprint density at radius 1 is 1.46 bits per heavy atom. The Labute approximate surface area is 79.8 Å². The molecule has 76 valence electrons. The van der Waals surface area contributed by atoms with Crippen molar-refractivity contribution in [1.82, 2.24) is 5.32 Å². The molecule has 2 atom stereocenters. The summed E-state index contributed by atoms with van der Waals surface area (Å²) in [4.78, 5) is 11.4. The molecule has 0 saturated carbocycles. The van der Waals surface area contributed by atoms with E-state index in [9.17, 15) is 4.79 Å². The summed E-state index contributed by atoms with van der Waals surface area (Å²) >= 11 is 0. The van der Waals surface area contributed by atoms with E-state index in [0.29, 0.717) is 12.6 Å². The summed E-state index contributed by atoms with van der Waals surface area (Å²) in [7, 11) is 0. The lowest BCUT2D eigenvalue weighted by Crippen LogP contribution is -2.47. The Morgan fingerprint density at radius 3 is 2.85 bits per heavy atom. The average molecular weight is 185 g/mol. The Balaban J connectivity index is 2.37. The van der Waals surface area contributed by atoms with Gasteiger partial charge in [-0.15, -0.1) is 0 Å². The van der Waals surface area contributed by atoms with Gasteiger partial charge in [-0.05, 0) is 32.6 Å². The van der Waals surface area contributed by atoms with Crippen molar-refractivity contribution < 1.29 is 9.53 Å². The fourth-order valence-electron chi connectivity index (χ4n) is 1.77. The normalized spacial score (nSPS) is 28.5. The molecular formula is C10H19NO2. The molecule has 0 radical (unpaired) electrons. The van der Waals surface area contributed by atoms with E-state index in [4.69, 9.17) is 4.74 Å². The van der Waals surface area contributed by atoms with E-state index in [1.807, 2.05) is 6.92 Å². The minimum absolute atomic E-state index is 0.0568. The van der Waals surface area contributed by atoms with Gasteiger partial charge in [0.2, 0.25) is 0 Å². The van der Waals surface area contributed by atoms with Gasteiger partial charge in [0.25, 0.3) is 0 Å². The molecule has 1 heterocycles. The van der Waals surface area contributed by atoms with Crippen molar-refractivity contribution in [2.24, 2.45) is 0 Å². The molecule has 1 rings (SSSR count). The van der Waals surface area contributed by atoms with E-state index in [0.717, 1.165) is 19.3 Å². The Bertz CT molecular complexity index is 170. The largest absolute Gasteiger partial charge is 0.465 e. The van der Waals surface area contributed by atoms with Crippen LogP contribution in [0, 0.1) is 0 Å². The summed E-state index contributed by atoms with van der Waals surface area (Å²) in [6.45, 7) is 4.47. The molecule has 0 aromatic carbocycles. The molecule has 0 aliphatic carbocycles. The highest BCUT2D eigenvalue weighted by molar-refractivity contribution is 5.75. The highest BCUT2D eigenvalue weighted by atomic mass is 16.5. The smallest absolute Gasteiger partial charge is 0.323 e. The second-order valence-corrected chi connectivity index (χ2v) is 3.51. The number of ether oxygens (including phenoxy) is 1. The maximum atomic E-state index is 11.4. The zero-order valence-corrected chi connectivity index (χ0v) is 8.51. The highest BCUT2D eigenvalue weighted by Crippen LogP contribution is 2.15. The van der Waals surface area contributed by atoms with Gasteiger partial charge < -0.3 is 10.1 Å². The third-order valence-electron chi connectivity index (χ3n) is 2.55. The summed E-state index contributed by atoms with van der Waals surface area (Å²) in [6.07, 6.45) is 4.34. The number of esters is 1. The zero-order valence-electron chi connectivity index (χ0n) is 8.51. The summed E-state index contributed by atoms with van der Waals surface area (Å²) in [5, 5.41) is 3.31. The minimum Gasteiger partial charge on any atom is -0.465 e. The molecule has 1 N–H and O–H groups in total. The molecule has 1 saturated heterocycles. The zero-order chi connectivity index (χ0) is 9.68. The average Bonchev–Trinajstić information content (AvgIpc) is 2.18. The van der Waals surface area contributed by atoms with Crippen molar-refractivity contribution >= 4 is 5.97 Å². The fourth-order valence-corrected chi connectivity index (χ4v) is 1.77. The molecule has 3 nitrogen and oxygen atoms in total. The number of carbonyl (C=O) groups excluding carboxylic acids is 1. The van der Waals surface area contributed by atoms with E-state index < -0.39 is 0 Å². The lowest BCUT2D eigenvalue weighted by Gasteiger charge is -2.28. The second kappa shape index (κ2) is 5.22. The number of carbonyl (C=O) groups is 1. The number of nitrogens with one attached hydrogen (secondary N) is 1. The first-order valence-electron chi connectivity index (χ1n) is 5.20. The van der Waals surface area contributed by atoms with Gasteiger partial charge in [0, 0.05) is 6.04 Å². The molecule has 0 aromatic heterocycles. The van der Waals surface area contributed by atoms with Crippen LogP contribution in [0.1, 0.15) is 39.5 Å². The van der Waals surface area contributed by atoms with Crippen LogP contribution in [0.4, 0.5) is 0 Å². The van der Waals surface area contributed by atoms with Crippen LogP contribution >= 0.6 is 0 Å². The molecule has 1 aliphatic rings. The van der Waals surface area contributed by atoms with Crippen LogP contribution in [0.15, 0.2) is 0 Å². The van der Waals surface area contributed by atoms with Crippen molar-refractivity contribution in [2.45, 2.75) is 51.6 Å². The maximum Gasteiger partial charge on any atom is 0.323 e. The molecule has 0 spiro atoms. The van der Waals surface area contributed by atoms with Gasteiger partial charge in [-0.3, -0.25) is 4.79 Å². The van der Waals surface area contributed by atoms with Gasteiger partial charge in [-0.25, -0.2) is 0 Å². The van der Waals surface area contributed by atoms with Gasteiger partial charge >= 0.3 is 5.97 Å². The van der Waals surface area contributed by atoms with E-state index in [1.54, 1.807) is 0 Å². The molecule has 0 amide bonds. The molecule has 2 unspecified atom stereocenters. The van der Waals surface area contributed by atoms with Crippen LogP contribution in [0.5, 0.6) is 0 Å². The first kappa shape index (κ1) is 10.5. The molecule has 13 heavy (non-hydrogen) atoms. The molecule has 1 aliphatic heterocycles. The first-order valence-corrected chi connectivity index (χ1v) is 5.20.